The third-order valence-electron chi connectivity index (χ3n) is 5.29. The van der Waals surface area contributed by atoms with E-state index in [9.17, 15) is 4.21 Å². The standard InChI is InChI=1S/C21H29N7OS2/c1-27(2)30-17-10-8-16(9-11-17)25-20-12-19(24-15-6-4-14(22)5-7-15)26-21-18(31(3)29)13-23-28(20)21/h8-15,25H,4-7,22H2,1-3H3,(H,24,26). The van der Waals surface area contributed by atoms with Crippen LogP contribution in [0.5, 0.6) is 0 Å². The molecule has 8 nitrogen and oxygen atoms in total. The number of benzene rings is 1. The molecule has 31 heavy (non-hydrogen) atoms. The fourth-order valence-corrected chi connectivity index (χ4v) is 5.00. The Hall–Kier alpha value is -2.14. The maximum atomic E-state index is 12.2. The maximum Gasteiger partial charge on any atom is 0.175 e. The van der Waals surface area contributed by atoms with E-state index in [4.69, 9.17) is 10.7 Å². The van der Waals surface area contributed by atoms with Gasteiger partial charge in [0.2, 0.25) is 0 Å². The maximum absolute atomic E-state index is 12.2. The second-order valence-corrected chi connectivity index (χ2v) is 10.8. The van der Waals surface area contributed by atoms with Gasteiger partial charge in [-0.3, -0.25) is 8.51 Å². The molecule has 10 heteroatoms. The highest BCUT2D eigenvalue weighted by molar-refractivity contribution is 7.97. The summed E-state index contributed by atoms with van der Waals surface area (Å²) in [5, 5.41) is 11.4. The lowest BCUT2D eigenvalue weighted by molar-refractivity contribution is 0.410. The second-order valence-electron chi connectivity index (χ2n) is 8.03. The summed E-state index contributed by atoms with van der Waals surface area (Å²) < 4.78 is 16.0. The first-order valence-electron chi connectivity index (χ1n) is 10.4. The van der Waals surface area contributed by atoms with E-state index >= 15 is 0 Å². The molecule has 0 bridgehead atoms. The van der Waals surface area contributed by atoms with Crippen molar-refractivity contribution < 1.29 is 4.21 Å². The lowest BCUT2D eigenvalue weighted by atomic mass is 9.92. The Balaban J connectivity index is 1.63. The molecule has 2 heterocycles. The van der Waals surface area contributed by atoms with Crippen LogP contribution >= 0.6 is 11.9 Å². The van der Waals surface area contributed by atoms with Crippen LogP contribution in [0.1, 0.15) is 25.7 Å². The van der Waals surface area contributed by atoms with Gasteiger partial charge in [-0.25, -0.2) is 4.98 Å². The Morgan fingerprint density at radius 3 is 2.55 bits per heavy atom. The van der Waals surface area contributed by atoms with Crippen LogP contribution in [0.25, 0.3) is 5.65 Å². The van der Waals surface area contributed by atoms with Gasteiger partial charge in [-0.15, -0.1) is 0 Å². The molecule has 3 aromatic rings. The van der Waals surface area contributed by atoms with Gasteiger partial charge in [0, 0.05) is 35.0 Å². The summed E-state index contributed by atoms with van der Waals surface area (Å²) in [4.78, 5) is 6.52. The Kier molecular flexibility index (Phi) is 6.80. The van der Waals surface area contributed by atoms with Crippen molar-refractivity contribution in [1.82, 2.24) is 18.9 Å². The van der Waals surface area contributed by atoms with E-state index in [0.717, 1.165) is 47.9 Å². The van der Waals surface area contributed by atoms with Crippen LogP contribution in [-0.4, -0.2) is 55.5 Å². The summed E-state index contributed by atoms with van der Waals surface area (Å²) in [6.45, 7) is 0. The molecule has 2 aromatic heterocycles. The third-order valence-corrected chi connectivity index (χ3v) is 7.04. The topological polar surface area (TPSA) is 101 Å². The van der Waals surface area contributed by atoms with Crippen LogP contribution in [0, 0.1) is 0 Å². The Labute approximate surface area is 189 Å². The van der Waals surface area contributed by atoms with Gasteiger partial charge in [-0.1, -0.05) is 0 Å². The van der Waals surface area contributed by atoms with Crippen LogP contribution in [0.3, 0.4) is 0 Å². The van der Waals surface area contributed by atoms with E-state index in [1.165, 1.54) is 0 Å². The van der Waals surface area contributed by atoms with Gasteiger partial charge in [0.05, 0.1) is 17.0 Å². The van der Waals surface area contributed by atoms with Crippen molar-refractivity contribution in [3.8, 4) is 0 Å². The molecule has 0 spiro atoms. The molecule has 0 saturated heterocycles. The highest BCUT2D eigenvalue weighted by atomic mass is 32.2. The summed E-state index contributed by atoms with van der Waals surface area (Å²) in [6, 6.07) is 10.8. The second kappa shape index (κ2) is 9.56. The number of nitrogens with one attached hydrogen (secondary N) is 2. The zero-order chi connectivity index (χ0) is 22.0. The molecule has 1 fully saturated rings. The zero-order valence-electron chi connectivity index (χ0n) is 18.0. The van der Waals surface area contributed by atoms with Gasteiger partial charge >= 0.3 is 0 Å². The van der Waals surface area contributed by atoms with E-state index in [2.05, 4.69) is 32.2 Å². The summed E-state index contributed by atoms with van der Waals surface area (Å²) in [5.74, 6) is 1.52. The lowest BCUT2D eigenvalue weighted by Crippen LogP contribution is -2.33. The quantitative estimate of drug-likeness (QED) is 0.462. The molecule has 1 unspecified atom stereocenters. The largest absolute Gasteiger partial charge is 0.367 e. The number of aromatic nitrogens is 3. The molecule has 4 rings (SSSR count). The minimum Gasteiger partial charge on any atom is -0.367 e. The number of nitrogens with zero attached hydrogens (tertiary/aromatic N) is 4. The van der Waals surface area contributed by atoms with Crippen molar-refractivity contribution in [1.29, 1.82) is 0 Å². The minimum atomic E-state index is -1.18. The van der Waals surface area contributed by atoms with Crippen molar-refractivity contribution in [2.45, 2.75) is 47.6 Å². The number of anilines is 3. The summed E-state index contributed by atoms with van der Waals surface area (Å²) >= 11 is 1.67. The molecule has 4 N–H and O–H groups in total. The predicted molar refractivity (Wildman–Crippen MR) is 128 cm³/mol. The SMILES string of the molecule is CN(C)Sc1ccc(Nc2cc(NC3CCC(N)CC3)nc3c(S(C)=O)cnn23)cc1. The molecule has 0 aliphatic heterocycles. The van der Waals surface area contributed by atoms with Gasteiger partial charge in [-0.05, 0) is 76.0 Å². The average molecular weight is 460 g/mol. The van der Waals surface area contributed by atoms with Crippen molar-refractivity contribution in [2.24, 2.45) is 5.73 Å². The molecule has 1 aromatic carbocycles. The van der Waals surface area contributed by atoms with E-state index in [1.807, 2.05) is 32.3 Å². The average Bonchev–Trinajstić information content (AvgIpc) is 3.15. The molecule has 166 valence electrons. The fraction of sp³-hybridized carbons (Fsp3) is 0.429. The summed E-state index contributed by atoms with van der Waals surface area (Å²) in [6.07, 6.45) is 7.35. The molecular formula is C21H29N7OS2. The van der Waals surface area contributed by atoms with Gasteiger partial charge in [0.25, 0.3) is 0 Å². The van der Waals surface area contributed by atoms with Crippen molar-refractivity contribution >= 4 is 45.7 Å². The van der Waals surface area contributed by atoms with Crippen LogP contribution in [-0.2, 0) is 10.8 Å². The highest BCUT2D eigenvalue weighted by Gasteiger charge is 2.20. The molecule has 0 amide bonds. The number of hydrogen-bond donors (Lipinski definition) is 3. The number of nitrogens with two attached hydrogens (primary N) is 1. The van der Waals surface area contributed by atoms with E-state index < -0.39 is 10.8 Å². The van der Waals surface area contributed by atoms with Gasteiger partial charge in [0.15, 0.2) is 5.65 Å². The normalized spacial score (nSPS) is 20.2. The number of fused-ring (bicyclic) bond motifs is 1. The zero-order valence-corrected chi connectivity index (χ0v) is 19.7. The minimum absolute atomic E-state index is 0.295. The highest BCUT2D eigenvalue weighted by Crippen LogP contribution is 2.28. The van der Waals surface area contributed by atoms with Crippen LogP contribution in [0.4, 0.5) is 17.3 Å². The smallest absolute Gasteiger partial charge is 0.175 e. The van der Waals surface area contributed by atoms with Crippen molar-refractivity contribution in [2.75, 3.05) is 31.0 Å². The van der Waals surface area contributed by atoms with Crippen molar-refractivity contribution in [3.05, 3.63) is 36.5 Å². The molecule has 1 aliphatic rings. The van der Waals surface area contributed by atoms with Crippen LogP contribution < -0.4 is 16.4 Å². The van der Waals surface area contributed by atoms with E-state index in [0.29, 0.717) is 22.6 Å². The molecular weight excluding hydrogens is 430 g/mol. The van der Waals surface area contributed by atoms with Gasteiger partial charge in [-0.2, -0.15) is 9.61 Å². The van der Waals surface area contributed by atoms with Crippen molar-refractivity contribution in [3.63, 3.8) is 0 Å². The van der Waals surface area contributed by atoms with E-state index in [-0.39, 0.29) is 0 Å². The Morgan fingerprint density at radius 2 is 1.90 bits per heavy atom. The Morgan fingerprint density at radius 1 is 1.19 bits per heavy atom. The first-order chi connectivity index (χ1) is 14.9. The monoisotopic (exact) mass is 459 g/mol. The Bertz CT molecular complexity index is 1060. The van der Waals surface area contributed by atoms with Crippen LogP contribution in [0.15, 0.2) is 46.3 Å². The summed E-state index contributed by atoms with van der Waals surface area (Å²) in [5.41, 5.74) is 7.59. The molecule has 1 atom stereocenters. The van der Waals surface area contributed by atoms with Gasteiger partial charge in [0.1, 0.15) is 16.5 Å². The van der Waals surface area contributed by atoms with Crippen LogP contribution in [0.2, 0.25) is 0 Å². The predicted octanol–water partition coefficient (Wildman–Crippen LogP) is 3.46. The summed E-state index contributed by atoms with van der Waals surface area (Å²) in [7, 11) is 2.86. The van der Waals surface area contributed by atoms with Gasteiger partial charge < -0.3 is 16.4 Å². The molecule has 0 radical (unpaired) electrons. The first kappa shape index (κ1) is 22.1. The fourth-order valence-electron chi connectivity index (χ4n) is 3.74. The molecule has 1 aliphatic carbocycles. The lowest BCUT2D eigenvalue weighted by Gasteiger charge is -2.27. The first-order valence-corrected chi connectivity index (χ1v) is 12.7. The van der Waals surface area contributed by atoms with E-state index in [1.54, 1.807) is 28.9 Å². The third kappa shape index (κ3) is 5.38. The number of hydrogen-bond acceptors (Lipinski definition) is 8. The molecule has 1 saturated carbocycles. The number of rotatable bonds is 7.